The van der Waals surface area contributed by atoms with Gasteiger partial charge in [0.1, 0.15) is 30.8 Å². The Bertz CT molecular complexity index is 996. The standard InChI is InChI=1S/C21H23N3O6/c1-14(12-29-17-8-6-15(7-9-17)24(27)28)22-10-16(25)13-30-20-11-23-21(26)19-5-3-2-4-18(19)20/h2-9,11,14,16,22,25H,10,12-13H2,1H3,(H,23,26). The van der Waals surface area contributed by atoms with Gasteiger partial charge in [0.05, 0.1) is 11.1 Å². The molecule has 0 spiro atoms. The molecule has 0 radical (unpaired) electrons. The zero-order valence-electron chi connectivity index (χ0n) is 16.4. The minimum absolute atomic E-state index is 0.00764. The van der Waals surface area contributed by atoms with E-state index < -0.39 is 11.0 Å². The number of non-ortho nitro benzene ring substituents is 1. The van der Waals surface area contributed by atoms with E-state index in [1.807, 2.05) is 19.1 Å². The number of aromatic nitrogens is 1. The molecule has 9 heteroatoms. The van der Waals surface area contributed by atoms with Crippen molar-refractivity contribution in [2.24, 2.45) is 0 Å². The first-order chi connectivity index (χ1) is 14.4. The molecule has 0 saturated carbocycles. The number of ether oxygens (including phenoxy) is 2. The molecule has 3 aromatic rings. The first-order valence-electron chi connectivity index (χ1n) is 9.42. The van der Waals surface area contributed by atoms with Crippen molar-refractivity contribution in [3.8, 4) is 17.4 Å². The average molecular weight is 413 g/mol. The van der Waals surface area contributed by atoms with Gasteiger partial charge in [-0.15, -0.1) is 0 Å². The van der Waals surface area contributed by atoms with Gasteiger partial charge in [-0.25, -0.2) is 4.98 Å². The highest BCUT2D eigenvalue weighted by atomic mass is 16.6. The van der Waals surface area contributed by atoms with Gasteiger partial charge in [-0.3, -0.25) is 10.1 Å². The summed E-state index contributed by atoms with van der Waals surface area (Å²) in [4.78, 5) is 14.1. The lowest BCUT2D eigenvalue weighted by molar-refractivity contribution is -0.384. The molecule has 0 fully saturated rings. The highest BCUT2D eigenvalue weighted by Gasteiger charge is 2.12. The number of hydrogen-bond donors (Lipinski definition) is 3. The highest BCUT2D eigenvalue weighted by molar-refractivity contribution is 5.91. The number of pyridine rings is 1. The van der Waals surface area contributed by atoms with Crippen molar-refractivity contribution in [1.29, 1.82) is 0 Å². The predicted molar refractivity (Wildman–Crippen MR) is 111 cm³/mol. The number of fused-ring (bicyclic) bond motifs is 1. The maximum atomic E-state index is 10.7. The van der Waals surface area contributed by atoms with Gasteiger partial charge in [0.25, 0.3) is 5.69 Å². The summed E-state index contributed by atoms with van der Waals surface area (Å²) in [6.45, 7) is 2.57. The van der Waals surface area contributed by atoms with E-state index in [0.717, 1.165) is 5.39 Å². The number of hydrogen-bond acceptors (Lipinski definition) is 8. The number of nitrogens with zero attached hydrogens (tertiary/aromatic N) is 2. The van der Waals surface area contributed by atoms with Crippen LogP contribution in [0.1, 0.15) is 6.92 Å². The van der Waals surface area contributed by atoms with E-state index in [-0.39, 0.29) is 30.8 Å². The summed E-state index contributed by atoms with van der Waals surface area (Å²) >= 11 is 0. The molecule has 0 bridgehead atoms. The number of rotatable bonds is 10. The van der Waals surface area contributed by atoms with Gasteiger partial charge < -0.3 is 25.0 Å². The summed E-state index contributed by atoms with van der Waals surface area (Å²) in [5.41, 5.74) is 0.00764. The summed E-state index contributed by atoms with van der Waals surface area (Å²) in [6.07, 6.45) is 0.665. The molecular weight excluding hydrogens is 390 g/mol. The maximum Gasteiger partial charge on any atom is 0.269 e. The minimum atomic E-state index is -0.764. The molecule has 3 rings (SSSR count). The minimum Gasteiger partial charge on any atom is -0.493 e. The molecule has 1 aromatic heterocycles. The van der Waals surface area contributed by atoms with E-state index >= 15 is 0 Å². The topological polar surface area (TPSA) is 127 Å². The third-order valence-corrected chi connectivity index (χ3v) is 4.42. The highest BCUT2D eigenvalue weighted by Crippen LogP contribution is 2.29. The lowest BCUT2D eigenvalue weighted by Crippen LogP contribution is -2.39. The molecule has 1 heterocycles. The number of aliphatic hydroxyl groups excluding tert-OH is 1. The molecule has 0 amide bonds. The normalized spacial score (nSPS) is 13.0. The molecule has 0 saturated heterocycles. The van der Waals surface area contributed by atoms with Crippen LogP contribution in [0.4, 0.5) is 5.69 Å². The van der Waals surface area contributed by atoms with Crippen LogP contribution in [0.2, 0.25) is 0 Å². The second-order valence-electron chi connectivity index (χ2n) is 6.83. The van der Waals surface area contributed by atoms with Crippen LogP contribution in [0.3, 0.4) is 0 Å². The number of nitro benzene ring substituents is 1. The quantitative estimate of drug-likeness (QED) is 0.342. The van der Waals surface area contributed by atoms with Crippen LogP contribution >= 0.6 is 0 Å². The second kappa shape index (κ2) is 9.86. The van der Waals surface area contributed by atoms with E-state index in [4.69, 9.17) is 9.47 Å². The smallest absolute Gasteiger partial charge is 0.269 e. The van der Waals surface area contributed by atoms with Crippen LogP contribution in [0, 0.1) is 10.1 Å². The van der Waals surface area contributed by atoms with Gasteiger partial charge in [-0.2, -0.15) is 0 Å². The van der Waals surface area contributed by atoms with Gasteiger partial charge in [-0.1, -0.05) is 18.2 Å². The monoisotopic (exact) mass is 413 g/mol. The van der Waals surface area contributed by atoms with Crippen LogP contribution in [0.25, 0.3) is 10.8 Å². The second-order valence-corrected chi connectivity index (χ2v) is 6.83. The third kappa shape index (κ3) is 5.56. The maximum absolute atomic E-state index is 10.7. The Morgan fingerprint density at radius 2 is 1.80 bits per heavy atom. The van der Waals surface area contributed by atoms with E-state index in [9.17, 15) is 20.3 Å². The van der Waals surface area contributed by atoms with Gasteiger partial charge >= 0.3 is 0 Å². The van der Waals surface area contributed by atoms with Crippen LogP contribution in [0.5, 0.6) is 17.4 Å². The van der Waals surface area contributed by atoms with Crippen molar-refractivity contribution in [1.82, 2.24) is 10.3 Å². The summed E-state index contributed by atoms with van der Waals surface area (Å²) < 4.78 is 11.3. The Hall–Kier alpha value is -3.43. The zero-order chi connectivity index (χ0) is 21.5. The Kier molecular flexibility index (Phi) is 6.99. The molecule has 2 unspecified atom stereocenters. The fourth-order valence-electron chi connectivity index (χ4n) is 2.79. The van der Waals surface area contributed by atoms with Crippen LogP contribution in [0.15, 0.2) is 54.7 Å². The summed E-state index contributed by atoms with van der Waals surface area (Å²) in [7, 11) is 0. The third-order valence-electron chi connectivity index (χ3n) is 4.42. The SMILES string of the molecule is CC(COc1ccc([N+](=O)[O-])cc1)NCC(O)COc1cnc(O)c2ccccc12. The number of benzene rings is 2. The Morgan fingerprint density at radius 1 is 1.10 bits per heavy atom. The molecule has 30 heavy (non-hydrogen) atoms. The number of nitrogens with one attached hydrogen (secondary N) is 1. The summed E-state index contributed by atoms with van der Waals surface area (Å²) in [6, 6.07) is 13.0. The van der Waals surface area contributed by atoms with E-state index in [1.54, 1.807) is 24.3 Å². The average Bonchev–Trinajstić information content (AvgIpc) is 2.76. The summed E-state index contributed by atoms with van der Waals surface area (Å²) in [5, 5.41) is 35.1. The van der Waals surface area contributed by atoms with Crippen molar-refractivity contribution >= 4 is 16.5 Å². The van der Waals surface area contributed by atoms with E-state index in [1.165, 1.54) is 18.3 Å². The molecular formula is C21H23N3O6. The molecule has 0 aliphatic heterocycles. The van der Waals surface area contributed by atoms with Crippen molar-refractivity contribution in [2.45, 2.75) is 19.1 Å². The molecule has 2 aromatic carbocycles. The molecule has 3 N–H and O–H groups in total. The number of nitro groups is 1. The lowest BCUT2D eigenvalue weighted by Gasteiger charge is -2.18. The van der Waals surface area contributed by atoms with Crippen molar-refractivity contribution in [3.05, 3.63) is 64.8 Å². The predicted octanol–water partition coefficient (Wildman–Crippen LogP) is 2.65. The summed E-state index contributed by atoms with van der Waals surface area (Å²) in [5.74, 6) is 0.948. The largest absolute Gasteiger partial charge is 0.493 e. The molecule has 158 valence electrons. The van der Waals surface area contributed by atoms with E-state index in [2.05, 4.69) is 10.3 Å². The Balaban J connectivity index is 1.43. The molecule has 2 atom stereocenters. The van der Waals surface area contributed by atoms with Gasteiger partial charge in [0, 0.05) is 35.5 Å². The fourth-order valence-corrected chi connectivity index (χ4v) is 2.79. The first kappa shape index (κ1) is 21.3. The van der Waals surface area contributed by atoms with Crippen LogP contribution < -0.4 is 14.8 Å². The van der Waals surface area contributed by atoms with Crippen LogP contribution in [-0.2, 0) is 0 Å². The molecule has 9 nitrogen and oxygen atoms in total. The number of aliphatic hydroxyl groups is 1. The molecule has 0 aliphatic rings. The van der Waals surface area contributed by atoms with Gasteiger partial charge in [0.2, 0.25) is 5.88 Å². The van der Waals surface area contributed by atoms with Gasteiger partial charge in [-0.05, 0) is 25.1 Å². The lowest BCUT2D eigenvalue weighted by atomic mass is 10.1. The van der Waals surface area contributed by atoms with Crippen molar-refractivity contribution in [2.75, 3.05) is 19.8 Å². The van der Waals surface area contributed by atoms with Crippen LogP contribution in [-0.4, -0.2) is 52.0 Å². The molecule has 0 aliphatic carbocycles. The fraction of sp³-hybridized carbons (Fsp3) is 0.286. The number of aromatic hydroxyl groups is 1. The van der Waals surface area contributed by atoms with Crippen molar-refractivity contribution in [3.63, 3.8) is 0 Å². The van der Waals surface area contributed by atoms with Gasteiger partial charge in [0.15, 0.2) is 0 Å². The van der Waals surface area contributed by atoms with Crippen molar-refractivity contribution < 1.29 is 24.6 Å². The Labute approximate surface area is 173 Å². The van der Waals surface area contributed by atoms with E-state index in [0.29, 0.717) is 23.5 Å². The Morgan fingerprint density at radius 3 is 2.50 bits per heavy atom. The zero-order valence-corrected chi connectivity index (χ0v) is 16.4. The first-order valence-corrected chi connectivity index (χ1v) is 9.42.